The van der Waals surface area contributed by atoms with Crippen molar-refractivity contribution in [1.29, 1.82) is 5.41 Å². The molecule has 1 aromatic heterocycles. The Morgan fingerprint density at radius 2 is 1.47 bits per heavy atom. The number of nitrogens with zero attached hydrogens (tertiary/aromatic N) is 1. The van der Waals surface area contributed by atoms with Gasteiger partial charge >= 0.3 is 0 Å². The van der Waals surface area contributed by atoms with Crippen molar-refractivity contribution in [3.63, 3.8) is 0 Å². The fraction of sp³-hybridized carbons (Fsp3) is 0.185. The normalized spacial score (nSPS) is 11.5. The molecule has 0 aliphatic rings. The molecular weight excluding hydrogens is 368 g/mol. The summed E-state index contributed by atoms with van der Waals surface area (Å²) in [5.74, 6) is 0. The molecule has 0 fully saturated rings. The van der Waals surface area contributed by atoms with E-state index in [4.69, 9.17) is 10.1 Å². The third kappa shape index (κ3) is 6.85. The average Bonchev–Trinajstić information content (AvgIpc) is 2.81. The predicted octanol–water partition coefficient (Wildman–Crippen LogP) is 6.07. The molecule has 2 aromatic carbocycles. The topological polar surface area (TPSA) is 37.0 Å². The lowest BCUT2D eigenvalue weighted by Crippen LogP contribution is -2.32. The fourth-order valence-electron chi connectivity index (χ4n) is 3.24. The van der Waals surface area contributed by atoms with Gasteiger partial charge in [-0.05, 0) is 47.3 Å². The van der Waals surface area contributed by atoms with Crippen LogP contribution < -0.4 is 4.57 Å². The van der Waals surface area contributed by atoms with E-state index in [1.54, 1.807) is 12.3 Å². The molecule has 0 radical (unpaired) electrons. The van der Waals surface area contributed by atoms with Crippen molar-refractivity contribution in [3.05, 3.63) is 109 Å². The molecule has 152 valence electrons. The maximum atomic E-state index is 7.32. The Morgan fingerprint density at radius 3 is 2.17 bits per heavy atom. The summed E-state index contributed by atoms with van der Waals surface area (Å²) in [7, 11) is 0. The van der Waals surface area contributed by atoms with E-state index >= 15 is 0 Å². The molecule has 0 aliphatic carbocycles. The molecule has 0 saturated carbocycles. The van der Waals surface area contributed by atoms with Crippen LogP contribution in [0.15, 0.2) is 104 Å². The first-order chi connectivity index (χ1) is 14.9. The molecule has 3 heteroatoms. The lowest BCUT2D eigenvalue weighted by Gasteiger charge is -2.03. The zero-order chi connectivity index (χ0) is 20.9. The molecule has 1 heterocycles. The highest BCUT2D eigenvalue weighted by atomic mass is 16.5. The van der Waals surface area contributed by atoms with E-state index in [2.05, 4.69) is 53.4 Å². The molecule has 0 bridgehead atoms. The first kappa shape index (κ1) is 21.3. The molecule has 0 aliphatic heterocycles. The van der Waals surface area contributed by atoms with Gasteiger partial charge in [0.25, 0.3) is 0 Å². The number of hydrogen-bond donors (Lipinski definition) is 1. The molecule has 0 spiro atoms. The molecule has 3 aromatic rings. The van der Waals surface area contributed by atoms with Crippen molar-refractivity contribution in [2.45, 2.75) is 25.8 Å². The molecule has 0 unspecified atom stereocenters. The van der Waals surface area contributed by atoms with Crippen LogP contribution in [0.5, 0.6) is 0 Å². The van der Waals surface area contributed by atoms with E-state index in [0.29, 0.717) is 6.61 Å². The highest BCUT2D eigenvalue weighted by Crippen LogP contribution is 2.17. The van der Waals surface area contributed by atoms with Gasteiger partial charge < -0.3 is 10.1 Å². The van der Waals surface area contributed by atoms with E-state index in [1.807, 2.05) is 42.5 Å². The standard InChI is InChI=1S/C27H29N2O/c28-18-14-26(24-10-4-1-5-11-24)17-23-30-22-9-3-8-19-29-20-15-27(16-21-29)25-12-6-2-7-13-25/h1-2,4-7,10-18,20-21,23,28H,3,8-9,19,22H2/q+1/b23-17-,26-14+,28-18?. The number of allylic oxidation sites excluding steroid dienone is 3. The Hall–Kier alpha value is -3.46. The summed E-state index contributed by atoms with van der Waals surface area (Å²) in [6.45, 7) is 1.73. The molecule has 0 atom stereocenters. The van der Waals surface area contributed by atoms with Crippen molar-refractivity contribution in [2.24, 2.45) is 0 Å². The molecule has 0 amide bonds. The van der Waals surface area contributed by atoms with E-state index in [0.717, 1.165) is 36.9 Å². The Labute approximate surface area is 179 Å². The number of aromatic nitrogens is 1. The minimum atomic E-state index is 0.709. The fourth-order valence-corrected chi connectivity index (χ4v) is 3.24. The molecule has 3 rings (SSSR count). The monoisotopic (exact) mass is 397 g/mol. The van der Waals surface area contributed by atoms with Crippen LogP contribution in [0.4, 0.5) is 0 Å². The highest BCUT2D eigenvalue weighted by Gasteiger charge is 2.02. The smallest absolute Gasteiger partial charge is 0.169 e. The van der Waals surface area contributed by atoms with Gasteiger partial charge in [-0.3, -0.25) is 0 Å². The number of pyridine rings is 1. The first-order valence-electron chi connectivity index (χ1n) is 10.5. The summed E-state index contributed by atoms with van der Waals surface area (Å²) in [4.78, 5) is 0. The molecular formula is C27H29N2O+. The van der Waals surface area contributed by atoms with E-state index in [1.165, 1.54) is 17.3 Å². The number of nitrogens with one attached hydrogen (secondary N) is 1. The van der Waals surface area contributed by atoms with Crippen LogP contribution in [0.2, 0.25) is 0 Å². The summed E-state index contributed by atoms with van der Waals surface area (Å²) in [6, 6.07) is 24.8. The van der Waals surface area contributed by atoms with Gasteiger partial charge in [0.1, 0.15) is 6.54 Å². The maximum Gasteiger partial charge on any atom is 0.169 e. The quantitative estimate of drug-likeness (QED) is 0.138. The van der Waals surface area contributed by atoms with Gasteiger partial charge in [0.2, 0.25) is 0 Å². The zero-order valence-electron chi connectivity index (χ0n) is 17.3. The van der Waals surface area contributed by atoms with Gasteiger partial charge in [-0.15, -0.1) is 0 Å². The van der Waals surface area contributed by atoms with Gasteiger partial charge in [-0.1, -0.05) is 60.7 Å². The highest BCUT2D eigenvalue weighted by molar-refractivity contribution is 5.87. The summed E-state index contributed by atoms with van der Waals surface area (Å²) < 4.78 is 7.88. The maximum absolute atomic E-state index is 7.32. The van der Waals surface area contributed by atoms with Crippen LogP contribution in [0, 0.1) is 5.41 Å². The van der Waals surface area contributed by atoms with Crippen LogP contribution in [-0.2, 0) is 11.3 Å². The second kappa shape index (κ2) is 12.2. The Balaban J connectivity index is 1.34. The average molecular weight is 398 g/mol. The summed E-state index contributed by atoms with van der Waals surface area (Å²) in [5, 5.41) is 7.32. The number of ether oxygens (including phenoxy) is 1. The van der Waals surface area contributed by atoms with Crippen LogP contribution in [0.1, 0.15) is 24.8 Å². The minimum absolute atomic E-state index is 0.709. The summed E-state index contributed by atoms with van der Waals surface area (Å²) in [6.07, 6.45) is 14.3. The van der Waals surface area contributed by atoms with Crippen molar-refractivity contribution < 1.29 is 9.30 Å². The van der Waals surface area contributed by atoms with Crippen LogP contribution >= 0.6 is 0 Å². The number of unbranched alkanes of at least 4 members (excludes halogenated alkanes) is 2. The van der Waals surface area contributed by atoms with E-state index < -0.39 is 0 Å². The van der Waals surface area contributed by atoms with E-state index in [9.17, 15) is 0 Å². The van der Waals surface area contributed by atoms with Crippen LogP contribution in [0.3, 0.4) is 0 Å². The SMILES string of the molecule is N=C/C=C(\C=C/OCCCCC[n+]1ccc(-c2ccccc2)cc1)c1ccccc1. The minimum Gasteiger partial charge on any atom is -0.501 e. The molecule has 30 heavy (non-hydrogen) atoms. The number of benzene rings is 2. The summed E-state index contributed by atoms with van der Waals surface area (Å²) >= 11 is 0. The Kier molecular flexibility index (Phi) is 8.63. The molecule has 0 saturated heterocycles. The number of hydrogen-bond acceptors (Lipinski definition) is 2. The van der Waals surface area contributed by atoms with Gasteiger partial charge in [-0.2, -0.15) is 0 Å². The van der Waals surface area contributed by atoms with Crippen molar-refractivity contribution >= 4 is 11.8 Å². The number of rotatable bonds is 11. The van der Waals surface area contributed by atoms with Gasteiger partial charge in [0.05, 0.1) is 12.9 Å². The Morgan fingerprint density at radius 1 is 0.800 bits per heavy atom. The third-order valence-corrected chi connectivity index (χ3v) is 4.89. The predicted molar refractivity (Wildman–Crippen MR) is 124 cm³/mol. The first-order valence-corrected chi connectivity index (χ1v) is 10.5. The van der Waals surface area contributed by atoms with Gasteiger partial charge in [0, 0.05) is 24.8 Å². The number of aryl methyl sites for hydroxylation is 1. The van der Waals surface area contributed by atoms with Crippen LogP contribution in [-0.4, -0.2) is 12.8 Å². The second-order valence-corrected chi connectivity index (χ2v) is 7.08. The molecule has 3 nitrogen and oxygen atoms in total. The lowest BCUT2D eigenvalue weighted by atomic mass is 10.1. The second-order valence-electron chi connectivity index (χ2n) is 7.08. The molecule has 1 N–H and O–H groups in total. The van der Waals surface area contributed by atoms with E-state index in [-0.39, 0.29) is 0 Å². The van der Waals surface area contributed by atoms with Crippen LogP contribution in [0.25, 0.3) is 16.7 Å². The Bertz CT molecular complexity index is 945. The van der Waals surface area contributed by atoms with Gasteiger partial charge in [0.15, 0.2) is 12.4 Å². The third-order valence-electron chi connectivity index (χ3n) is 4.89. The zero-order valence-corrected chi connectivity index (χ0v) is 17.3. The largest absolute Gasteiger partial charge is 0.501 e. The van der Waals surface area contributed by atoms with Crippen molar-refractivity contribution in [1.82, 2.24) is 0 Å². The van der Waals surface area contributed by atoms with Gasteiger partial charge in [-0.25, -0.2) is 4.57 Å². The van der Waals surface area contributed by atoms with Crippen molar-refractivity contribution in [2.75, 3.05) is 6.61 Å². The summed E-state index contributed by atoms with van der Waals surface area (Å²) in [5.41, 5.74) is 4.55. The van der Waals surface area contributed by atoms with Crippen molar-refractivity contribution in [3.8, 4) is 11.1 Å². The lowest BCUT2D eigenvalue weighted by molar-refractivity contribution is -0.697.